The van der Waals surface area contributed by atoms with Crippen molar-refractivity contribution in [3.05, 3.63) is 23.3 Å². The zero-order valence-corrected chi connectivity index (χ0v) is 11.6. The number of alkyl halides is 2. The van der Waals surface area contributed by atoms with Crippen molar-refractivity contribution in [1.29, 1.82) is 0 Å². The number of carbonyl (C=O) groups excluding carboxylic acids is 2. The second-order valence-corrected chi connectivity index (χ2v) is 5.11. The van der Waals surface area contributed by atoms with Crippen LogP contribution in [0.2, 0.25) is 0 Å². The standard InChI is InChI=1S/C14H19F2NO3/c1-14(9-19,7-12(15)16)17(2)13(20)11-6-4-3-5-10(11)8-18/h4,6,8,12,19H,3,5,7,9H2,1-2H3. The fraction of sp³-hybridized carbons (Fsp3) is 0.571. The van der Waals surface area contributed by atoms with Crippen LogP contribution < -0.4 is 0 Å². The molecule has 1 atom stereocenters. The summed E-state index contributed by atoms with van der Waals surface area (Å²) in [6, 6.07) is 0. The number of amides is 1. The SMILES string of the molecule is CN(C(=O)C1=C(C=O)CCC=C1)C(C)(CO)CC(F)F. The molecule has 0 fully saturated rings. The van der Waals surface area contributed by atoms with Gasteiger partial charge in [-0.2, -0.15) is 0 Å². The Balaban J connectivity index is 3.03. The van der Waals surface area contributed by atoms with Gasteiger partial charge in [0.15, 0.2) is 0 Å². The minimum Gasteiger partial charge on any atom is -0.394 e. The first kappa shape index (κ1) is 16.5. The third kappa shape index (κ3) is 3.50. The molecule has 4 nitrogen and oxygen atoms in total. The first-order valence-corrected chi connectivity index (χ1v) is 6.37. The quantitative estimate of drug-likeness (QED) is 0.756. The molecule has 0 aliphatic heterocycles. The van der Waals surface area contributed by atoms with Crippen LogP contribution in [0, 0.1) is 0 Å². The molecule has 1 rings (SSSR count). The maximum atomic E-state index is 12.6. The molecule has 0 aromatic carbocycles. The number of carbonyl (C=O) groups is 2. The van der Waals surface area contributed by atoms with Crippen molar-refractivity contribution in [2.24, 2.45) is 0 Å². The highest BCUT2D eigenvalue weighted by Crippen LogP contribution is 2.26. The van der Waals surface area contributed by atoms with E-state index in [0.29, 0.717) is 24.7 Å². The summed E-state index contributed by atoms with van der Waals surface area (Å²) in [6.45, 7) is 0.817. The predicted molar refractivity (Wildman–Crippen MR) is 70.3 cm³/mol. The molecule has 0 aromatic rings. The van der Waals surface area contributed by atoms with E-state index in [1.165, 1.54) is 20.0 Å². The lowest BCUT2D eigenvalue weighted by Gasteiger charge is -2.38. The average Bonchev–Trinajstić information content (AvgIpc) is 2.44. The smallest absolute Gasteiger partial charge is 0.254 e. The molecule has 1 N–H and O–H groups in total. The lowest BCUT2D eigenvalue weighted by atomic mass is 9.93. The van der Waals surface area contributed by atoms with E-state index in [-0.39, 0.29) is 5.57 Å². The molecule has 0 heterocycles. The van der Waals surface area contributed by atoms with E-state index in [1.54, 1.807) is 6.08 Å². The van der Waals surface area contributed by atoms with Crippen LogP contribution in [-0.2, 0) is 9.59 Å². The molecule has 0 bridgehead atoms. The Morgan fingerprint density at radius 1 is 1.60 bits per heavy atom. The van der Waals surface area contributed by atoms with Crippen LogP contribution in [0.15, 0.2) is 23.3 Å². The molecule has 0 radical (unpaired) electrons. The minimum absolute atomic E-state index is 0.211. The third-order valence-electron chi connectivity index (χ3n) is 3.63. The van der Waals surface area contributed by atoms with Gasteiger partial charge in [0, 0.05) is 24.6 Å². The van der Waals surface area contributed by atoms with Crippen LogP contribution in [0.3, 0.4) is 0 Å². The molecule has 1 aliphatic rings. The van der Waals surface area contributed by atoms with Crippen molar-refractivity contribution in [1.82, 2.24) is 4.90 Å². The van der Waals surface area contributed by atoms with Crippen molar-refractivity contribution in [2.75, 3.05) is 13.7 Å². The van der Waals surface area contributed by atoms with Crippen LogP contribution in [0.4, 0.5) is 8.78 Å². The van der Waals surface area contributed by atoms with Gasteiger partial charge in [-0.25, -0.2) is 8.78 Å². The van der Waals surface area contributed by atoms with Gasteiger partial charge in [-0.15, -0.1) is 0 Å². The van der Waals surface area contributed by atoms with Gasteiger partial charge in [-0.1, -0.05) is 12.2 Å². The number of likely N-dealkylation sites (N-methyl/N-ethyl adjacent to an activating group) is 1. The number of aliphatic hydroxyl groups is 1. The highest BCUT2D eigenvalue weighted by atomic mass is 19.3. The molecule has 1 amide bonds. The summed E-state index contributed by atoms with van der Waals surface area (Å²) in [7, 11) is 1.36. The van der Waals surface area contributed by atoms with Crippen molar-refractivity contribution in [3.8, 4) is 0 Å². The average molecular weight is 287 g/mol. The number of hydrogen-bond donors (Lipinski definition) is 1. The van der Waals surface area contributed by atoms with Crippen molar-refractivity contribution in [2.45, 2.75) is 38.2 Å². The highest BCUT2D eigenvalue weighted by molar-refractivity contribution is 6.02. The Morgan fingerprint density at radius 3 is 2.75 bits per heavy atom. The first-order valence-electron chi connectivity index (χ1n) is 6.37. The molecule has 20 heavy (non-hydrogen) atoms. The number of aldehydes is 1. The Hall–Kier alpha value is -1.56. The molecule has 0 saturated heterocycles. The minimum atomic E-state index is -2.64. The number of hydrogen-bond acceptors (Lipinski definition) is 3. The van der Waals surface area contributed by atoms with Gasteiger partial charge < -0.3 is 10.0 Å². The van der Waals surface area contributed by atoms with E-state index < -0.39 is 30.9 Å². The van der Waals surface area contributed by atoms with Crippen LogP contribution in [-0.4, -0.2) is 47.8 Å². The van der Waals surface area contributed by atoms with Gasteiger partial charge >= 0.3 is 0 Å². The van der Waals surface area contributed by atoms with Crippen molar-refractivity contribution >= 4 is 12.2 Å². The van der Waals surface area contributed by atoms with Gasteiger partial charge in [0.05, 0.1) is 12.1 Å². The van der Waals surface area contributed by atoms with Crippen LogP contribution in [0.25, 0.3) is 0 Å². The van der Waals surface area contributed by atoms with Crippen molar-refractivity contribution < 1.29 is 23.5 Å². The van der Waals surface area contributed by atoms with Gasteiger partial charge in [0.25, 0.3) is 5.91 Å². The van der Waals surface area contributed by atoms with Crippen molar-refractivity contribution in [3.63, 3.8) is 0 Å². The summed E-state index contributed by atoms with van der Waals surface area (Å²) in [5, 5.41) is 9.34. The van der Waals surface area contributed by atoms with E-state index in [4.69, 9.17) is 0 Å². The molecule has 112 valence electrons. The normalized spacial score (nSPS) is 18.1. The number of halogens is 2. The molecule has 0 aromatic heterocycles. The summed E-state index contributed by atoms with van der Waals surface area (Å²) in [6.07, 6.45) is 1.78. The summed E-state index contributed by atoms with van der Waals surface area (Å²) >= 11 is 0. The second-order valence-electron chi connectivity index (χ2n) is 5.11. The van der Waals surface area contributed by atoms with E-state index in [2.05, 4.69) is 0 Å². The lowest BCUT2D eigenvalue weighted by molar-refractivity contribution is -0.134. The lowest BCUT2D eigenvalue weighted by Crippen LogP contribution is -2.51. The van der Waals surface area contributed by atoms with Gasteiger partial charge in [-0.3, -0.25) is 9.59 Å². The molecular formula is C14H19F2NO3. The highest BCUT2D eigenvalue weighted by Gasteiger charge is 2.36. The Labute approximate surface area is 116 Å². The largest absolute Gasteiger partial charge is 0.394 e. The zero-order valence-electron chi connectivity index (χ0n) is 11.6. The monoisotopic (exact) mass is 287 g/mol. The molecule has 0 saturated carbocycles. The van der Waals surface area contributed by atoms with E-state index in [1.807, 2.05) is 0 Å². The molecule has 0 spiro atoms. The number of nitrogens with zero attached hydrogens (tertiary/aromatic N) is 1. The molecule has 1 aliphatic carbocycles. The number of aliphatic hydroxyl groups excluding tert-OH is 1. The summed E-state index contributed by atoms with van der Waals surface area (Å²) in [5.41, 5.74) is -0.790. The van der Waals surface area contributed by atoms with Crippen LogP contribution in [0.5, 0.6) is 0 Å². The Bertz CT molecular complexity index is 446. The Kier molecular flexibility index (Phi) is 5.56. The number of rotatable bonds is 6. The van der Waals surface area contributed by atoms with E-state index >= 15 is 0 Å². The molecule has 6 heteroatoms. The molecular weight excluding hydrogens is 268 g/mol. The topological polar surface area (TPSA) is 57.6 Å². The summed E-state index contributed by atoms with van der Waals surface area (Å²) in [4.78, 5) is 24.4. The fourth-order valence-electron chi connectivity index (χ4n) is 2.08. The van der Waals surface area contributed by atoms with Crippen LogP contribution in [0.1, 0.15) is 26.2 Å². The summed E-state index contributed by atoms with van der Waals surface area (Å²) in [5.74, 6) is -0.528. The van der Waals surface area contributed by atoms with E-state index in [9.17, 15) is 23.5 Å². The Morgan fingerprint density at radius 2 is 2.25 bits per heavy atom. The van der Waals surface area contributed by atoms with Gasteiger partial charge in [-0.05, 0) is 19.8 Å². The maximum Gasteiger partial charge on any atom is 0.254 e. The zero-order chi connectivity index (χ0) is 15.3. The maximum absolute atomic E-state index is 12.6. The first-order chi connectivity index (χ1) is 9.35. The number of allylic oxidation sites excluding steroid dienone is 2. The van der Waals surface area contributed by atoms with E-state index in [0.717, 1.165) is 4.90 Å². The fourth-order valence-corrected chi connectivity index (χ4v) is 2.08. The van der Waals surface area contributed by atoms with Crippen LogP contribution >= 0.6 is 0 Å². The van der Waals surface area contributed by atoms with Gasteiger partial charge in [0.1, 0.15) is 6.29 Å². The summed E-state index contributed by atoms with van der Waals surface area (Å²) < 4.78 is 25.2. The third-order valence-corrected chi connectivity index (χ3v) is 3.63. The second kappa shape index (κ2) is 6.74. The predicted octanol–water partition coefficient (Wildman–Crippen LogP) is 1.70. The van der Waals surface area contributed by atoms with Gasteiger partial charge in [0.2, 0.25) is 6.43 Å². The molecule has 1 unspecified atom stereocenters.